The van der Waals surface area contributed by atoms with Crippen LogP contribution in [0.2, 0.25) is 0 Å². The predicted molar refractivity (Wildman–Crippen MR) is 67.6 cm³/mol. The number of nitrogens with zero attached hydrogens (tertiary/aromatic N) is 2. The summed E-state index contributed by atoms with van der Waals surface area (Å²) in [6, 6.07) is 9.04. The lowest BCUT2D eigenvalue weighted by Crippen LogP contribution is -2.18. The molecule has 2 N–H and O–H groups in total. The molecule has 18 heavy (non-hydrogen) atoms. The highest BCUT2D eigenvalue weighted by Crippen LogP contribution is 2.20. The summed E-state index contributed by atoms with van der Waals surface area (Å²) < 4.78 is 1.59. The smallest absolute Gasteiger partial charge is 0.271 e. The molecule has 5 nitrogen and oxygen atoms in total. The number of carbonyl (C=O) groups excluding carboxylic acids is 1. The van der Waals surface area contributed by atoms with Gasteiger partial charge in [-0.3, -0.25) is 4.79 Å². The second-order valence-electron chi connectivity index (χ2n) is 3.96. The molecule has 0 saturated heterocycles. The minimum atomic E-state index is -0.589. The van der Waals surface area contributed by atoms with E-state index in [0.29, 0.717) is 5.69 Å². The Labute approximate surface area is 105 Å². The number of carbonyl (C=O) groups is 1. The molecule has 0 fully saturated rings. The molecule has 0 spiro atoms. The van der Waals surface area contributed by atoms with Gasteiger partial charge in [-0.15, -0.1) is 0 Å². The van der Waals surface area contributed by atoms with Crippen molar-refractivity contribution in [2.24, 2.45) is 0 Å². The van der Waals surface area contributed by atoms with Crippen LogP contribution in [0.5, 0.6) is 0 Å². The molecule has 1 heterocycles. The van der Waals surface area contributed by atoms with E-state index >= 15 is 0 Å². The molecule has 1 aromatic heterocycles. The number of aliphatic hydroxyl groups is 1. The third kappa shape index (κ3) is 2.26. The van der Waals surface area contributed by atoms with E-state index in [9.17, 15) is 9.90 Å². The van der Waals surface area contributed by atoms with E-state index in [1.807, 2.05) is 24.3 Å². The molecule has 0 bridgehead atoms. The molecule has 0 saturated carbocycles. The molecule has 5 heteroatoms. The molecular formula is C13H15N3O2. The second kappa shape index (κ2) is 5.01. The fourth-order valence-corrected chi connectivity index (χ4v) is 1.76. The molecule has 1 unspecified atom stereocenters. The summed E-state index contributed by atoms with van der Waals surface area (Å²) in [6.45, 7) is 1.70. The largest absolute Gasteiger partial charge is 0.389 e. The van der Waals surface area contributed by atoms with Crippen LogP contribution in [-0.2, 0) is 0 Å². The number of hydrogen-bond acceptors (Lipinski definition) is 3. The number of para-hydroxylation sites is 1. The van der Waals surface area contributed by atoms with Gasteiger partial charge in [0.2, 0.25) is 0 Å². The van der Waals surface area contributed by atoms with Crippen molar-refractivity contribution in [2.75, 3.05) is 7.05 Å². The van der Waals surface area contributed by atoms with Crippen LogP contribution in [0.4, 0.5) is 0 Å². The van der Waals surface area contributed by atoms with Crippen LogP contribution in [0.1, 0.15) is 29.1 Å². The number of aliphatic hydroxyl groups excluding tert-OH is 1. The van der Waals surface area contributed by atoms with E-state index in [1.54, 1.807) is 30.9 Å². The van der Waals surface area contributed by atoms with Crippen LogP contribution in [0, 0.1) is 0 Å². The highest BCUT2D eigenvalue weighted by atomic mass is 16.3. The Hall–Kier alpha value is -2.14. The van der Waals surface area contributed by atoms with Gasteiger partial charge in [-0.1, -0.05) is 18.2 Å². The van der Waals surface area contributed by atoms with Crippen molar-refractivity contribution in [2.45, 2.75) is 13.0 Å². The molecule has 0 radical (unpaired) electrons. The van der Waals surface area contributed by atoms with Crippen molar-refractivity contribution in [1.82, 2.24) is 15.1 Å². The van der Waals surface area contributed by atoms with Crippen molar-refractivity contribution >= 4 is 5.91 Å². The average molecular weight is 245 g/mol. The number of aromatic nitrogens is 2. The van der Waals surface area contributed by atoms with Crippen LogP contribution in [0.15, 0.2) is 36.5 Å². The summed E-state index contributed by atoms with van der Waals surface area (Å²) >= 11 is 0. The van der Waals surface area contributed by atoms with Crippen LogP contribution in [0.25, 0.3) is 5.69 Å². The van der Waals surface area contributed by atoms with Gasteiger partial charge in [0.1, 0.15) is 0 Å². The van der Waals surface area contributed by atoms with Gasteiger partial charge in [0.25, 0.3) is 5.91 Å². The number of nitrogens with one attached hydrogen (secondary N) is 1. The van der Waals surface area contributed by atoms with E-state index in [2.05, 4.69) is 10.4 Å². The van der Waals surface area contributed by atoms with Crippen LogP contribution < -0.4 is 5.32 Å². The third-order valence-corrected chi connectivity index (χ3v) is 2.68. The normalized spacial score (nSPS) is 12.2. The summed E-state index contributed by atoms with van der Waals surface area (Å²) in [7, 11) is 1.56. The third-order valence-electron chi connectivity index (χ3n) is 2.68. The Kier molecular flexibility index (Phi) is 3.43. The molecule has 1 atom stereocenters. The zero-order chi connectivity index (χ0) is 13.1. The van der Waals surface area contributed by atoms with Gasteiger partial charge in [0, 0.05) is 18.8 Å². The van der Waals surface area contributed by atoms with E-state index < -0.39 is 6.10 Å². The minimum absolute atomic E-state index is 0.233. The van der Waals surface area contributed by atoms with Crippen LogP contribution in [0.3, 0.4) is 0 Å². The maximum Gasteiger partial charge on any atom is 0.271 e. The molecule has 0 aliphatic rings. The molecule has 2 aromatic rings. The first-order valence-corrected chi connectivity index (χ1v) is 5.68. The van der Waals surface area contributed by atoms with Gasteiger partial charge in [0.15, 0.2) is 5.69 Å². The van der Waals surface area contributed by atoms with Crippen LogP contribution in [-0.4, -0.2) is 27.8 Å². The number of hydrogen-bond donors (Lipinski definition) is 2. The van der Waals surface area contributed by atoms with E-state index in [4.69, 9.17) is 0 Å². The lowest BCUT2D eigenvalue weighted by molar-refractivity contribution is 0.0957. The first-order valence-electron chi connectivity index (χ1n) is 5.68. The standard InChI is InChI=1S/C13H15N3O2/c1-9(17)10-5-3-4-6-12(10)16-8-7-11(15-16)13(18)14-2/h3-9,17H,1-2H3,(H,14,18). The molecule has 1 amide bonds. The summed E-state index contributed by atoms with van der Waals surface area (Å²) in [5.41, 5.74) is 1.88. The Morgan fingerprint density at radius 1 is 1.39 bits per heavy atom. The van der Waals surface area contributed by atoms with Crippen molar-refractivity contribution in [3.05, 3.63) is 47.8 Å². The fraction of sp³-hybridized carbons (Fsp3) is 0.231. The molecule has 0 aliphatic carbocycles. The van der Waals surface area contributed by atoms with E-state index in [-0.39, 0.29) is 5.91 Å². The van der Waals surface area contributed by atoms with Crippen LogP contribution >= 0.6 is 0 Å². The number of amides is 1. The van der Waals surface area contributed by atoms with Crippen molar-refractivity contribution in [3.63, 3.8) is 0 Å². The van der Waals surface area contributed by atoms with Gasteiger partial charge in [-0.25, -0.2) is 4.68 Å². The van der Waals surface area contributed by atoms with Gasteiger partial charge in [-0.05, 0) is 19.1 Å². The fourth-order valence-electron chi connectivity index (χ4n) is 1.76. The second-order valence-corrected chi connectivity index (χ2v) is 3.96. The average Bonchev–Trinajstić information content (AvgIpc) is 2.87. The van der Waals surface area contributed by atoms with E-state index in [1.165, 1.54) is 0 Å². The van der Waals surface area contributed by atoms with Gasteiger partial charge < -0.3 is 10.4 Å². The SMILES string of the molecule is CNC(=O)c1ccn(-c2ccccc2C(C)O)n1. The van der Waals surface area contributed by atoms with E-state index in [0.717, 1.165) is 11.3 Å². The molecule has 94 valence electrons. The maximum atomic E-state index is 11.4. The van der Waals surface area contributed by atoms with Gasteiger partial charge in [0.05, 0.1) is 11.8 Å². The van der Waals surface area contributed by atoms with Crippen molar-refractivity contribution in [3.8, 4) is 5.69 Å². The summed E-state index contributed by atoms with van der Waals surface area (Å²) in [6.07, 6.45) is 1.11. The Balaban J connectivity index is 2.43. The maximum absolute atomic E-state index is 11.4. The summed E-state index contributed by atoms with van der Waals surface area (Å²) in [5.74, 6) is -0.233. The first-order chi connectivity index (χ1) is 8.63. The number of rotatable bonds is 3. The van der Waals surface area contributed by atoms with Crippen molar-refractivity contribution < 1.29 is 9.90 Å². The first kappa shape index (κ1) is 12.3. The Morgan fingerprint density at radius 2 is 2.11 bits per heavy atom. The Bertz CT molecular complexity index is 561. The van der Waals surface area contributed by atoms with Crippen molar-refractivity contribution in [1.29, 1.82) is 0 Å². The monoisotopic (exact) mass is 245 g/mol. The zero-order valence-electron chi connectivity index (χ0n) is 10.3. The lowest BCUT2D eigenvalue weighted by Gasteiger charge is -2.11. The Morgan fingerprint density at radius 3 is 2.78 bits per heavy atom. The quantitative estimate of drug-likeness (QED) is 0.856. The molecule has 1 aromatic carbocycles. The minimum Gasteiger partial charge on any atom is -0.389 e. The summed E-state index contributed by atoms with van der Waals surface area (Å²) in [4.78, 5) is 11.4. The highest BCUT2D eigenvalue weighted by molar-refractivity contribution is 5.91. The predicted octanol–water partition coefficient (Wildman–Crippen LogP) is 1.29. The highest BCUT2D eigenvalue weighted by Gasteiger charge is 2.12. The molecule has 0 aliphatic heterocycles. The van der Waals surface area contributed by atoms with Gasteiger partial charge in [-0.2, -0.15) is 5.10 Å². The number of benzene rings is 1. The topological polar surface area (TPSA) is 67.2 Å². The zero-order valence-corrected chi connectivity index (χ0v) is 10.3. The summed E-state index contributed by atoms with van der Waals surface area (Å²) in [5, 5.41) is 16.4. The van der Waals surface area contributed by atoms with Gasteiger partial charge >= 0.3 is 0 Å². The molecular weight excluding hydrogens is 230 g/mol. The lowest BCUT2D eigenvalue weighted by atomic mass is 10.1. The molecule has 2 rings (SSSR count).